The molecule has 1 aliphatic heterocycles. The van der Waals surface area contributed by atoms with Crippen molar-refractivity contribution in [2.45, 2.75) is 25.8 Å². The molecule has 1 N–H and O–H groups in total. The highest BCUT2D eigenvalue weighted by Gasteiger charge is 2.19. The van der Waals surface area contributed by atoms with Crippen LogP contribution in [-0.2, 0) is 13.0 Å². The van der Waals surface area contributed by atoms with Gasteiger partial charge < -0.3 is 10.2 Å². The molecule has 1 atom stereocenters. The lowest BCUT2D eigenvalue weighted by atomic mass is 10.0. The number of nitrogens with zero attached hydrogens (tertiary/aromatic N) is 2. The minimum absolute atomic E-state index is 0.500. The molecule has 0 fully saturated rings. The Kier molecular flexibility index (Phi) is 4.78. The summed E-state index contributed by atoms with van der Waals surface area (Å²) < 4.78 is 0. The standard InChI is InChI=1S/C18H23N3S/c1-14(17-8-10-22-13-17)11-20-18(19-2)21-9-7-15-5-3-4-6-16(15)12-21/h3-6,8,10,13-14H,7,9,11-12H2,1-2H3,(H,19,20). The molecule has 1 aromatic heterocycles. The molecule has 1 unspecified atom stereocenters. The molecule has 22 heavy (non-hydrogen) atoms. The van der Waals surface area contributed by atoms with E-state index in [1.165, 1.54) is 16.7 Å². The summed E-state index contributed by atoms with van der Waals surface area (Å²) in [5, 5.41) is 7.91. The fourth-order valence-corrected chi connectivity index (χ4v) is 3.71. The molecule has 3 rings (SSSR count). The largest absolute Gasteiger partial charge is 0.356 e. The zero-order chi connectivity index (χ0) is 15.4. The van der Waals surface area contributed by atoms with E-state index < -0.39 is 0 Å². The number of benzene rings is 1. The first-order valence-electron chi connectivity index (χ1n) is 7.82. The molecule has 2 heterocycles. The summed E-state index contributed by atoms with van der Waals surface area (Å²) in [5.41, 5.74) is 4.29. The van der Waals surface area contributed by atoms with Gasteiger partial charge in [0.15, 0.2) is 5.96 Å². The van der Waals surface area contributed by atoms with E-state index in [4.69, 9.17) is 0 Å². The Morgan fingerprint density at radius 2 is 2.14 bits per heavy atom. The van der Waals surface area contributed by atoms with Gasteiger partial charge in [-0.15, -0.1) is 0 Å². The van der Waals surface area contributed by atoms with Crippen LogP contribution in [0.15, 0.2) is 46.1 Å². The minimum Gasteiger partial charge on any atom is -0.356 e. The predicted octanol–water partition coefficient (Wildman–Crippen LogP) is 3.49. The van der Waals surface area contributed by atoms with E-state index in [0.29, 0.717) is 5.92 Å². The molecule has 1 aromatic carbocycles. The first kappa shape index (κ1) is 15.1. The molecular formula is C18H23N3S. The Labute approximate surface area is 136 Å². The van der Waals surface area contributed by atoms with Crippen molar-refractivity contribution in [1.29, 1.82) is 0 Å². The van der Waals surface area contributed by atoms with Crippen LogP contribution in [0.5, 0.6) is 0 Å². The second-order valence-corrected chi connectivity index (χ2v) is 6.61. The number of rotatable bonds is 3. The van der Waals surface area contributed by atoms with E-state index in [1.807, 2.05) is 7.05 Å². The SMILES string of the molecule is CN=C(NCC(C)c1ccsc1)N1CCc2ccccc2C1. The molecule has 116 valence electrons. The number of hydrogen-bond donors (Lipinski definition) is 1. The van der Waals surface area contributed by atoms with Gasteiger partial charge in [-0.25, -0.2) is 0 Å². The van der Waals surface area contributed by atoms with Gasteiger partial charge in [0.2, 0.25) is 0 Å². The monoisotopic (exact) mass is 313 g/mol. The van der Waals surface area contributed by atoms with Crippen LogP contribution >= 0.6 is 11.3 Å². The molecule has 0 aliphatic carbocycles. The van der Waals surface area contributed by atoms with Gasteiger partial charge in [0, 0.05) is 26.7 Å². The molecule has 0 saturated heterocycles. The second kappa shape index (κ2) is 6.97. The molecule has 0 amide bonds. The normalized spacial score (nSPS) is 16.3. The molecule has 3 nitrogen and oxygen atoms in total. The highest BCUT2D eigenvalue weighted by molar-refractivity contribution is 7.07. The van der Waals surface area contributed by atoms with Crippen LogP contribution in [0.2, 0.25) is 0 Å². The molecule has 2 aromatic rings. The molecule has 1 aliphatic rings. The van der Waals surface area contributed by atoms with Gasteiger partial charge in [-0.3, -0.25) is 4.99 Å². The van der Waals surface area contributed by atoms with Crippen molar-refractivity contribution in [3.8, 4) is 0 Å². The van der Waals surface area contributed by atoms with E-state index in [2.05, 4.69) is 63.2 Å². The lowest BCUT2D eigenvalue weighted by Gasteiger charge is -2.32. The zero-order valence-electron chi connectivity index (χ0n) is 13.2. The van der Waals surface area contributed by atoms with Crippen LogP contribution in [0.3, 0.4) is 0 Å². The van der Waals surface area contributed by atoms with Crippen LogP contribution < -0.4 is 5.32 Å². The zero-order valence-corrected chi connectivity index (χ0v) is 14.1. The summed E-state index contributed by atoms with van der Waals surface area (Å²) in [6, 6.07) is 10.9. The molecule has 0 radical (unpaired) electrons. The number of nitrogens with one attached hydrogen (secondary N) is 1. The summed E-state index contributed by atoms with van der Waals surface area (Å²) in [5.74, 6) is 1.51. The minimum atomic E-state index is 0.500. The maximum atomic E-state index is 4.47. The van der Waals surface area contributed by atoms with E-state index in [-0.39, 0.29) is 0 Å². The lowest BCUT2D eigenvalue weighted by molar-refractivity contribution is 0.377. The predicted molar refractivity (Wildman–Crippen MR) is 94.7 cm³/mol. The Bertz CT molecular complexity index is 634. The van der Waals surface area contributed by atoms with Crippen molar-refractivity contribution in [3.05, 3.63) is 57.8 Å². The number of fused-ring (bicyclic) bond motifs is 1. The van der Waals surface area contributed by atoms with Crippen LogP contribution in [0.1, 0.15) is 29.5 Å². The van der Waals surface area contributed by atoms with Crippen molar-refractivity contribution in [1.82, 2.24) is 10.2 Å². The summed E-state index contributed by atoms with van der Waals surface area (Å²) in [4.78, 5) is 6.82. The van der Waals surface area contributed by atoms with E-state index in [9.17, 15) is 0 Å². The van der Waals surface area contributed by atoms with Gasteiger partial charge in [0.1, 0.15) is 0 Å². The highest BCUT2D eigenvalue weighted by Crippen LogP contribution is 2.19. The number of thiophene rings is 1. The van der Waals surface area contributed by atoms with Gasteiger partial charge >= 0.3 is 0 Å². The molecule has 4 heteroatoms. The molecule has 0 saturated carbocycles. The molecular weight excluding hydrogens is 290 g/mol. The molecule has 0 bridgehead atoms. The Morgan fingerprint density at radius 1 is 1.32 bits per heavy atom. The third-order valence-electron chi connectivity index (χ3n) is 4.32. The van der Waals surface area contributed by atoms with Gasteiger partial charge in [0.05, 0.1) is 0 Å². The average Bonchev–Trinajstić information content (AvgIpc) is 3.09. The van der Waals surface area contributed by atoms with Crippen molar-refractivity contribution in [2.75, 3.05) is 20.1 Å². The Balaban J connectivity index is 1.61. The van der Waals surface area contributed by atoms with Crippen LogP contribution in [-0.4, -0.2) is 31.0 Å². The van der Waals surface area contributed by atoms with Gasteiger partial charge in [-0.2, -0.15) is 11.3 Å². The third-order valence-corrected chi connectivity index (χ3v) is 5.02. The number of guanidine groups is 1. The fourth-order valence-electron chi connectivity index (χ4n) is 2.93. The summed E-state index contributed by atoms with van der Waals surface area (Å²) in [6.07, 6.45) is 1.09. The van der Waals surface area contributed by atoms with Crippen LogP contribution in [0, 0.1) is 0 Å². The summed E-state index contributed by atoms with van der Waals surface area (Å²) in [6.45, 7) is 5.15. The van der Waals surface area contributed by atoms with Gasteiger partial charge in [-0.1, -0.05) is 31.2 Å². The first-order chi connectivity index (χ1) is 10.8. The van der Waals surface area contributed by atoms with Crippen molar-refractivity contribution in [2.24, 2.45) is 4.99 Å². The van der Waals surface area contributed by atoms with Crippen LogP contribution in [0.4, 0.5) is 0 Å². The maximum Gasteiger partial charge on any atom is 0.193 e. The number of aliphatic imine (C=N–C) groups is 1. The van der Waals surface area contributed by atoms with Crippen molar-refractivity contribution in [3.63, 3.8) is 0 Å². The quantitative estimate of drug-likeness (QED) is 0.694. The van der Waals surface area contributed by atoms with E-state index in [1.54, 1.807) is 11.3 Å². The lowest BCUT2D eigenvalue weighted by Crippen LogP contribution is -2.44. The van der Waals surface area contributed by atoms with Crippen molar-refractivity contribution < 1.29 is 0 Å². The Morgan fingerprint density at radius 3 is 2.86 bits per heavy atom. The van der Waals surface area contributed by atoms with Crippen LogP contribution in [0.25, 0.3) is 0 Å². The second-order valence-electron chi connectivity index (χ2n) is 5.83. The topological polar surface area (TPSA) is 27.6 Å². The third kappa shape index (κ3) is 3.33. The average molecular weight is 313 g/mol. The fraction of sp³-hybridized carbons (Fsp3) is 0.389. The van der Waals surface area contributed by atoms with E-state index >= 15 is 0 Å². The Hall–Kier alpha value is -1.81. The van der Waals surface area contributed by atoms with E-state index in [0.717, 1.165) is 32.0 Å². The summed E-state index contributed by atoms with van der Waals surface area (Å²) >= 11 is 1.76. The summed E-state index contributed by atoms with van der Waals surface area (Å²) in [7, 11) is 1.87. The maximum absolute atomic E-state index is 4.47. The van der Waals surface area contributed by atoms with Crippen molar-refractivity contribution >= 4 is 17.3 Å². The highest BCUT2D eigenvalue weighted by atomic mass is 32.1. The number of hydrogen-bond acceptors (Lipinski definition) is 2. The molecule has 0 spiro atoms. The first-order valence-corrected chi connectivity index (χ1v) is 8.76. The smallest absolute Gasteiger partial charge is 0.193 e. The van der Waals surface area contributed by atoms with Gasteiger partial charge in [-0.05, 0) is 45.9 Å². The van der Waals surface area contributed by atoms with Gasteiger partial charge in [0.25, 0.3) is 0 Å².